The molecule has 1 aromatic heterocycles. The van der Waals surface area contributed by atoms with Gasteiger partial charge in [0.1, 0.15) is 5.82 Å². The van der Waals surface area contributed by atoms with Crippen LogP contribution in [0.25, 0.3) is 11.4 Å². The van der Waals surface area contributed by atoms with Crippen molar-refractivity contribution in [1.82, 2.24) is 9.97 Å². The van der Waals surface area contributed by atoms with E-state index in [0.717, 1.165) is 15.7 Å². The fourth-order valence-corrected chi connectivity index (χ4v) is 2.37. The predicted octanol–water partition coefficient (Wildman–Crippen LogP) is 2.53. The van der Waals surface area contributed by atoms with Gasteiger partial charge in [-0.1, -0.05) is 0 Å². The monoisotopic (exact) mass is 307 g/mol. The molecule has 1 aliphatic heterocycles. The molecule has 1 aliphatic rings. The van der Waals surface area contributed by atoms with Gasteiger partial charge in [-0.05, 0) is 35.0 Å². The third kappa shape index (κ3) is 1.88. The normalized spacial score (nSPS) is 12.8. The molecule has 0 bridgehead atoms. The van der Waals surface area contributed by atoms with Gasteiger partial charge in [0.05, 0.1) is 4.47 Å². The lowest BCUT2D eigenvalue weighted by molar-refractivity contribution is 0.173. The maximum Gasteiger partial charge on any atom is 0.231 e. The molecule has 2 heterocycles. The fourth-order valence-electron chi connectivity index (χ4n) is 1.82. The van der Waals surface area contributed by atoms with E-state index >= 15 is 0 Å². The number of hydrogen-bond acceptors (Lipinski definition) is 5. The van der Waals surface area contributed by atoms with Crippen molar-refractivity contribution >= 4 is 21.7 Å². The number of ether oxygens (including phenoxy) is 2. The van der Waals surface area contributed by atoms with E-state index in [1.807, 2.05) is 19.1 Å². The van der Waals surface area contributed by atoms with Crippen LogP contribution in [0, 0.1) is 6.92 Å². The van der Waals surface area contributed by atoms with Crippen LogP contribution < -0.4 is 15.2 Å². The van der Waals surface area contributed by atoms with Gasteiger partial charge in [0.25, 0.3) is 0 Å². The van der Waals surface area contributed by atoms with Crippen molar-refractivity contribution < 1.29 is 9.47 Å². The maximum absolute atomic E-state index is 5.73. The van der Waals surface area contributed by atoms with Crippen molar-refractivity contribution in [3.63, 3.8) is 0 Å². The van der Waals surface area contributed by atoms with Gasteiger partial charge < -0.3 is 15.2 Å². The van der Waals surface area contributed by atoms with E-state index in [1.54, 1.807) is 6.07 Å². The van der Waals surface area contributed by atoms with Crippen molar-refractivity contribution in [2.24, 2.45) is 0 Å². The molecule has 0 aliphatic carbocycles. The van der Waals surface area contributed by atoms with E-state index in [9.17, 15) is 0 Å². The van der Waals surface area contributed by atoms with Crippen molar-refractivity contribution in [3.05, 3.63) is 28.4 Å². The van der Waals surface area contributed by atoms with Crippen molar-refractivity contribution in [2.75, 3.05) is 12.5 Å². The highest BCUT2D eigenvalue weighted by molar-refractivity contribution is 9.10. The predicted molar refractivity (Wildman–Crippen MR) is 70.4 cm³/mol. The van der Waals surface area contributed by atoms with Crippen LogP contribution in [0.15, 0.2) is 22.7 Å². The lowest BCUT2D eigenvalue weighted by Crippen LogP contribution is -1.97. The van der Waals surface area contributed by atoms with Gasteiger partial charge in [-0.3, -0.25) is 0 Å². The van der Waals surface area contributed by atoms with Gasteiger partial charge in [0.2, 0.25) is 6.79 Å². The molecule has 2 N–H and O–H groups in total. The Morgan fingerprint density at radius 2 is 2.06 bits per heavy atom. The third-order valence-electron chi connectivity index (χ3n) is 2.56. The van der Waals surface area contributed by atoms with Gasteiger partial charge in [0, 0.05) is 17.3 Å². The van der Waals surface area contributed by atoms with Crippen molar-refractivity contribution in [1.29, 1.82) is 0 Å². The molecule has 3 rings (SSSR count). The molecular weight excluding hydrogens is 298 g/mol. The first-order valence-electron chi connectivity index (χ1n) is 5.34. The molecule has 0 unspecified atom stereocenters. The number of aryl methyl sites for hydroxylation is 1. The molecule has 18 heavy (non-hydrogen) atoms. The Kier molecular flexibility index (Phi) is 2.59. The molecule has 2 aromatic rings. The maximum atomic E-state index is 5.73. The van der Waals surface area contributed by atoms with Crippen LogP contribution in [0.3, 0.4) is 0 Å². The average molecular weight is 308 g/mol. The highest BCUT2D eigenvalue weighted by Crippen LogP contribution is 2.41. The molecule has 0 fully saturated rings. The number of halogens is 1. The highest BCUT2D eigenvalue weighted by Gasteiger charge is 2.19. The SMILES string of the molecule is Cc1cc(N)nc(-c2cc(Br)c3c(c2)OCO3)n1. The zero-order valence-electron chi connectivity index (χ0n) is 9.61. The number of nitrogens with zero attached hydrogens (tertiary/aromatic N) is 2. The molecule has 6 heteroatoms. The second-order valence-electron chi connectivity index (χ2n) is 3.95. The Balaban J connectivity index is 2.15. The van der Waals surface area contributed by atoms with E-state index in [1.165, 1.54) is 0 Å². The quantitative estimate of drug-likeness (QED) is 0.876. The van der Waals surface area contributed by atoms with Crippen LogP contribution in [0.1, 0.15) is 5.69 Å². The molecule has 5 nitrogen and oxygen atoms in total. The Morgan fingerprint density at radius 1 is 1.22 bits per heavy atom. The summed E-state index contributed by atoms with van der Waals surface area (Å²) in [5.74, 6) is 2.42. The summed E-state index contributed by atoms with van der Waals surface area (Å²) in [6.45, 7) is 2.11. The Labute approximate surface area is 112 Å². The zero-order chi connectivity index (χ0) is 12.7. The molecule has 0 atom stereocenters. The zero-order valence-corrected chi connectivity index (χ0v) is 11.2. The Morgan fingerprint density at radius 3 is 2.83 bits per heavy atom. The van der Waals surface area contributed by atoms with Gasteiger partial charge in [-0.15, -0.1) is 0 Å². The molecular formula is C12H10BrN3O2. The van der Waals surface area contributed by atoms with Gasteiger partial charge >= 0.3 is 0 Å². The van der Waals surface area contributed by atoms with Crippen molar-refractivity contribution in [3.8, 4) is 22.9 Å². The van der Waals surface area contributed by atoms with E-state index in [0.29, 0.717) is 23.1 Å². The summed E-state index contributed by atoms with van der Waals surface area (Å²) in [5.41, 5.74) is 7.39. The molecule has 1 aromatic carbocycles. The first-order chi connectivity index (χ1) is 8.63. The molecule has 0 radical (unpaired) electrons. The molecule has 0 saturated heterocycles. The summed E-state index contributed by atoms with van der Waals surface area (Å²) < 4.78 is 11.5. The van der Waals surface area contributed by atoms with Gasteiger partial charge in [-0.25, -0.2) is 9.97 Å². The van der Waals surface area contributed by atoms with Crippen LogP contribution in [0.4, 0.5) is 5.82 Å². The summed E-state index contributed by atoms with van der Waals surface area (Å²) in [6, 6.07) is 5.47. The number of nitrogens with two attached hydrogens (primary N) is 1. The molecule has 0 spiro atoms. The minimum Gasteiger partial charge on any atom is -0.454 e. The number of fused-ring (bicyclic) bond motifs is 1. The highest BCUT2D eigenvalue weighted by atomic mass is 79.9. The average Bonchev–Trinajstić information content (AvgIpc) is 2.76. The molecule has 92 valence electrons. The van der Waals surface area contributed by atoms with Gasteiger partial charge in [-0.2, -0.15) is 0 Å². The summed E-state index contributed by atoms with van der Waals surface area (Å²) in [6.07, 6.45) is 0. The largest absolute Gasteiger partial charge is 0.454 e. The second-order valence-corrected chi connectivity index (χ2v) is 4.80. The summed E-state index contributed by atoms with van der Waals surface area (Å²) in [5, 5.41) is 0. The smallest absolute Gasteiger partial charge is 0.231 e. The minimum atomic E-state index is 0.230. The molecule has 0 amide bonds. The Bertz CT molecular complexity index is 611. The third-order valence-corrected chi connectivity index (χ3v) is 3.15. The van der Waals surface area contributed by atoms with Gasteiger partial charge in [0.15, 0.2) is 17.3 Å². The Hall–Kier alpha value is -1.82. The molecule has 0 saturated carbocycles. The number of rotatable bonds is 1. The van der Waals surface area contributed by atoms with Crippen LogP contribution in [0.5, 0.6) is 11.5 Å². The standard InChI is InChI=1S/C12H10BrN3O2/c1-6-2-10(14)16-12(15-6)7-3-8(13)11-9(4-7)17-5-18-11/h2-4H,5H2,1H3,(H2,14,15,16). The second kappa shape index (κ2) is 4.13. The van der Waals surface area contributed by atoms with Crippen LogP contribution in [-0.2, 0) is 0 Å². The first-order valence-corrected chi connectivity index (χ1v) is 6.13. The number of hydrogen-bond donors (Lipinski definition) is 1. The van der Waals surface area contributed by atoms with Crippen LogP contribution >= 0.6 is 15.9 Å². The summed E-state index contributed by atoms with van der Waals surface area (Å²) in [4.78, 5) is 8.58. The van der Waals surface area contributed by atoms with E-state index < -0.39 is 0 Å². The topological polar surface area (TPSA) is 70.3 Å². The first kappa shape index (κ1) is 11.3. The number of aromatic nitrogens is 2. The van der Waals surface area contributed by atoms with Crippen LogP contribution in [-0.4, -0.2) is 16.8 Å². The summed E-state index contributed by atoms with van der Waals surface area (Å²) in [7, 11) is 0. The van der Waals surface area contributed by atoms with E-state index in [-0.39, 0.29) is 6.79 Å². The van der Waals surface area contributed by atoms with Crippen molar-refractivity contribution in [2.45, 2.75) is 6.92 Å². The number of nitrogen functional groups attached to an aromatic ring is 1. The minimum absolute atomic E-state index is 0.230. The summed E-state index contributed by atoms with van der Waals surface area (Å²) >= 11 is 3.44. The van der Waals surface area contributed by atoms with E-state index in [2.05, 4.69) is 25.9 Å². The fraction of sp³-hybridized carbons (Fsp3) is 0.167. The number of benzene rings is 1. The number of anilines is 1. The van der Waals surface area contributed by atoms with Crippen LogP contribution in [0.2, 0.25) is 0 Å². The van der Waals surface area contributed by atoms with E-state index in [4.69, 9.17) is 15.2 Å². The lowest BCUT2D eigenvalue weighted by atomic mass is 10.2. The lowest BCUT2D eigenvalue weighted by Gasteiger charge is -2.06.